The van der Waals surface area contributed by atoms with Gasteiger partial charge in [-0.05, 0) is 24.3 Å². The molecule has 3 N–H and O–H groups in total. The molecule has 0 spiro atoms. The van der Waals surface area contributed by atoms with Gasteiger partial charge in [0.05, 0.1) is 0 Å². The molecule has 1 heterocycles. The number of hydrogen-bond donors (Lipinski definition) is 3. The van der Waals surface area contributed by atoms with E-state index in [0.29, 0.717) is 11.1 Å². The van der Waals surface area contributed by atoms with Gasteiger partial charge in [0.2, 0.25) is 0 Å². The zero-order chi connectivity index (χ0) is 16.2. The standard InChI is InChI=1S/C18H14N2O3/c21-17(12-6-2-1-3-7-12)20-16(18(22)23)10-13-11-19-15-9-5-4-8-14(13)15/h1-11,19H,(H,20,21)(H,22,23)/b16-10-. The molecule has 114 valence electrons. The van der Waals surface area contributed by atoms with Crippen LogP contribution in [-0.4, -0.2) is 22.0 Å². The van der Waals surface area contributed by atoms with E-state index in [0.717, 1.165) is 10.9 Å². The Bertz CT molecular complexity index is 895. The SMILES string of the molecule is O=C(O)/C(=C/c1c[nH]c2ccccc12)NC(=O)c1ccccc1. The van der Waals surface area contributed by atoms with Crippen LogP contribution in [0.25, 0.3) is 17.0 Å². The van der Waals surface area contributed by atoms with Crippen LogP contribution in [0.1, 0.15) is 15.9 Å². The van der Waals surface area contributed by atoms with Gasteiger partial charge in [-0.2, -0.15) is 0 Å². The predicted octanol–water partition coefficient (Wildman–Crippen LogP) is 3.02. The summed E-state index contributed by atoms with van der Waals surface area (Å²) < 4.78 is 0. The molecule has 0 aliphatic carbocycles. The van der Waals surface area contributed by atoms with E-state index in [1.54, 1.807) is 36.5 Å². The molecule has 0 aliphatic rings. The molecule has 0 radical (unpaired) electrons. The van der Waals surface area contributed by atoms with E-state index < -0.39 is 11.9 Å². The van der Waals surface area contributed by atoms with Crippen molar-refractivity contribution >= 4 is 28.9 Å². The maximum absolute atomic E-state index is 12.1. The molecule has 3 aromatic rings. The van der Waals surface area contributed by atoms with Crippen LogP contribution in [0.3, 0.4) is 0 Å². The topological polar surface area (TPSA) is 82.2 Å². The summed E-state index contributed by atoms with van der Waals surface area (Å²) in [6.45, 7) is 0. The Hall–Kier alpha value is -3.34. The van der Waals surface area contributed by atoms with Crippen molar-refractivity contribution in [1.29, 1.82) is 0 Å². The Morgan fingerprint density at radius 2 is 1.70 bits per heavy atom. The second-order valence-corrected chi connectivity index (χ2v) is 4.97. The Labute approximate surface area is 132 Å². The number of carbonyl (C=O) groups excluding carboxylic acids is 1. The number of carbonyl (C=O) groups is 2. The monoisotopic (exact) mass is 306 g/mol. The van der Waals surface area contributed by atoms with E-state index in [9.17, 15) is 14.7 Å². The summed E-state index contributed by atoms with van der Waals surface area (Å²) in [5.41, 5.74) is 1.83. The molecule has 0 atom stereocenters. The summed E-state index contributed by atoms with van der Waals surface area (Å²) in [5.74, 6) is -1.65. The molecular weight excluding hydrogens is 292 g/mol. The van der Waals surface area contributed by atoms with Crippen LogP contribution in [0.4, 0.5) is 0 Å². The third-order valence-corrected chi connectivity index (χ3v) is 3.44. The molecule has 0 aliphatic heterocycles. The lowest BCUT2D eigenvalue weighted by molar-refractivity contribution is -0.132. The lowest BCUT2D eigenvalue weighted by Crippen LogP contribution is -2.27. The number of para-hydroxylation sites is 1. The summed E-state index contributed by atoms with van der Waals surface area (Å²) in [6, 6.07) is 16.0. The van der Waals surface area contributed by atoms with Crippen LogP contribution in [0.5, 0.6) is 0 Å². The summed E-state index contributed by atoms with van der Waals surface area (Å²) in [5, 5.41) is 12.7. The second-order valence-electron chi connectivity index (χ2n) is 4.97. The van der Waals surface area contributed by atoms with Gasteiger partial charge in [0.25, 0.3) is 5.91 Å². The number of nitrogens with one attached hydrogen (secondary N) is 2. The normalized spacial score (nSPS) is 11.4. The van der Waals surface area contributed by atoms with Crippen LogP contribution < -0.4 is 5.32 Å². The Morgan fingerprint density at radius 3 is 2.43 bits per heavy atom. The summed E-state index contributed by atoms with van der Waals surface area (Å²) in [4.78, 5) is 26.6. The van der Waals surface area contributed by atoms with Gasteiger partial charge in [0.15, 0.2) is 0 Å². The van der Waals surface area contributed by atoms with Crippen molar-refractivity contribution in [1.82, 2.24) is 10.3 Å². The first kappa shape index (κ1) is 14.6. The molecule has 5 heteroatoms. The predicted molar refractivity (Wildman–Crippen MR) is 87.8 cm³/mol. The van der Waals surface area contributed by atoms with Gasteiger partial charge >= 0.3 is 5.97 Å². The minimum atomic E-state index is -1.19. The maximum atomic E-state index is 12.1. The minimum absolute atomic E-state index is 0.177. The number of aliphatic carboxylic acids is 1. The lowest BCUT2D eigenvalue weighted by atomic mass is 10.1. The molecule has 0 bridgehead atoms. The average molecular weight is 306 g/mol. The Morgan fingerprint density at radius 1 is 1.00 bits per heavy atom. The molecule has 23 heavy (non-hydrogen) atoms. The highest BCUT2D eigenvalue weighted by Crippen LogP contribution is 2.20. The van der Waals surface area contributed by atoms with Gasteiger partial charge in [0.1, 0.15) is 5.70 Å². The number of benzene rings is 2. The molecule has 3 rings (SSSR count). The maximum Gasteiger partial charge on any atom is 0.352 e. The number of fused-ring (bicyclic) bond motifs is 1. The number of aromatic amines is 1. The smallest absolute Gasteiger partial charge is 0.352 e. The zero-order valence-corrected chi connectivity index (χ0v) is 12.1. The molecule has 5 nitrogen and oxygen atoms in total. The van der Waals surface area contributed by atoms with Gasteiger partial charge in [-0.25, -0.2) is 4.79 Å². The second kappa shape index (κ2) is 6.19. The highest BCUT2D eigenvalue weighted by molar-refractivity contribution is 6.04. The molecule has 1 amide bonds. The Kier molecular flexibility index (Phi) is 3.93. The molecular formula is C18H14N2O3. The highest BCUT2D eigenvalue weighted by atomic mass is 16.4. The molecule has 2 aromatic carbocycles. The number of aromatic nitrogens is 1. The lowest BCUT2D eigenvalue weighted by Gasteiger charge is -2.06. The first-order valence-corrected chi connectivity index (χ1v) is 7.02. The van der Waals surface area contributed by atoms with Crippen LogP contribution >= 0.6 is 0 Å². The average Bonchev–Trinajstić information content (AvgIpc) is 2.98. The molecule has 0 fully saturated rings. The van der Waals surface area contributed by atoms with E-state index in [4.69, 9.17) is 0 Å². The first-order valence-electron chi connectivity index (χ1n) is 7.02. The number of H-pyrrole nitrogens is 1. The third-order valence-electron chi connectivity index (χ3n) is 3.44. The van der Waals surface area contributed by atoms with Crippen molar-refractivity contribution in [3.63, 3.8) is 0 Å². The first-order chi connectivity index (χ1) is 11.1. The minimum Gasteiger partial charge on any atom is -0.477 e. The molecule has 0 saturated heterocycles. The number of rotatable bonds is 4. The summed E-state index contributed by atoms with van der Waals surface area (Å²) >= 11 is 0. The van der Waals surface area contributed by atoms with E-state index in [2.05, 4.69) is 10.3 Å². The van der Waals surface area contributed by atoms with Crippen molar-refractivity contribution in [3.8, 4) is 0 Å². The van der Waals surface area contributed by atoms with Crippen molar-refractivity contribution < 1.29 is 14.7 Å². The van der Waals surface area contributed by atoms with Crippen molar-refractivity contribution in [2.75, 3.05) is 0 Å². The number of carboxylic acids is 1. The molecule has 0 saturated carbocycles. The quantitative estimate of drug-likeness (QED) is 0.648. The van der Waals surface area contributed by atoms with E-state index in [1.807, 2.05) is 24.3 Å². The molecule has 0 unspecified atom stereocenters. The summed E-state index contributed by atoms with van der Waals surface area (Å²) in [7, 11) is 0. The van der Waals surface area contributed by atoms with E-state index >= 15 is 0 Å². The van der Waals surface area contributed by atoms with Crippen molar-refractivity contribution in [3.05, 3.63) is 77.6 Å². The van der Waals surface area contributed by atoms with Gasteiger partial charge in [-0.3, -0.25) is 4.79 Å². The molecule has 1 aromatic heterocycles. The number of carboxylic acid groups (broad SMARTS) is 1. The largest absolute Gasteiger partial charge is 0.477 e. The summed E-state index contributed by atoms with van der Waals surface area (Å²) in [6.07, 6.45) is 3.16. The number of hydrogen-bond acceptors (Lipinski definition) is 2. The van der Waals surface area contributed by atoms with Crippen LogP contribution in [0.15, 0.2) is 66.5 Å². The fourth-order valence-corrected chi connectivity index (χ4v) is 2.30. The van der Waals surface area contributed by atoms with Gasteiger partial charge in [-0.15, -0.1) is 0 Å². The fourth-order valence-electron chi connectivity index (χ4n) is 2.30. The van der Waals surface area contributed by atoms with Crippen LogP contribution in [0.2, 0.25) is 0 Å². The van der Waals surface area contributed by atoms with E-state index in [1.165, 1.54) is 6.08 Å². The number of amides is 1. The third kappa shape index (κ3) is 3.13. The van der Waals surface area contributed by atoms with Gasteiger partial charge in [-0.1, -0.05) is 36.4 Å². The highest BCUT2D eigenvalue weighted by Gasteiger charge is 2.14. The van der Waals surface area contributed by atoms with Crippen LogP contribution in [-0.2, 0) is 4.79 Å². The fraction of sp³-hybridized carbons (Fsp3) is 0. The van der Waals surface area contributed by atoms with E-state index in [-0.39, 0.29) is 5.70 Å². The van der Waals surface area contributed by atoms with Gasteiger partial charge in [0, 0.05) is 28.2 Å². The zero-order valence-electron chi connectivity index (χ0n) is 12.1. The van der Waals surface area contributed by atoms with Crippen LogP contribution in [0, 0.1) is 0 Å². The van der Waals surface area contributed by atoms with Crippen molar-refractivity contribution in [2.45, 2.75) is 0 Å². The Balaban J connectivity index is 1.93. The van der Waals surface area contributed by atoms with Gasteiger partial charge < -0.3 is 15.4 Å². The van der Waals surface area contributed by atoms with Crippen molar-refractivity contribution in [2.24, 2.45) is 0 Å².